The minimum absolute atomic E-state index is 0.0464. The van der Waals surface area contributed by atoms with Gasteiger partial charge in [-0.15, -0.1) is 0 Å². The molecule has 2 amide bonds. The topological polar surface area (TPSA) is 52.7 Å². The van der Waals surface area contributed by atoms with Gasteiger partial charge in [-0.25, -0.2) is 0 Å². The number of para-hydroxylation sites is 1. The molecule has 0 spiro atoms. The first kappa shape index (κ1) is 21.2. The van der Waals surface area contributed by atoms with Crippen LogP contribution in [0.2, 0.25) is 5.02 Å². The number of carbonyl (C=O) groups is 2. The molecular formula is C23H28ClN3O2. The molecule has 1 aliphatic rings. The van der Waals surface area contributed by atoms with Crippen molar-refractivity contribution < 1.29 is 9.59 Å². The highest BCUT2D eigenvalue weighted by Crippen LogP contribution is 2.35. The second kappa shape index (κ2) is 8.46. The molecule has 0 aliphatic carbocycles. The number of nitrogens with zero attached hydrogens (tertiary/aromatic N) is 2. The van der Waals surface area contributed by atoms with Crippen LogP contribution in [0.25, 0.3) is 0 Å². The van der Waals surface area contributed by atoms with Crippen LogP contribution in [0.5, 0.6) is 0 Å². The predicted molar refractivity (Wildman–Crippen MR) is 119 cm³/mol. The molecule has 0 unspecified atom stereocenters. The van der Waals surface area contributed by atoms with Crippen LogP contribution in [0, 0.1) is 12.3 Å². The summed E-state index contributed by atoms with van der Waals surface area (Å²) >= 11 is 6.50. The Morgan fingerprint density at radius 2 is 1.59 bits per heavy atom. The summed E-state index contributed by atoms with van der Waals surface area (Å²) in [7, 11) is 0. The molecule has 0 bridgehead atoms. The molecule has 1 heterocycles. The molecule has 29 heavy (non-hydrogen) atoms. The van der Waals surface area contributed by atoms with Gasteiger partial charge in [-0.3, -0.25) is 9.59 Å². The summed E-state index contributed by atoms with van der Waals surface area (Å²) in [5.41, 5.74) is 2.86. The maximum atomic E-state index is 12.8. The number of amides is 2. The van der Waals surface area contributed by atoms with Gasteiger partial charge in [-0.2, -0.15) is 0 Å². The summed E-state index contributed by atoms with van der Waals surface area (Å²) in [4.78, 5) is 29.3. The molecule has 6 heteroatoms. The molecule has 2 aromatic carbocycles. The lowest BCUT2D eigenvalue weighted by Crippen LogP contribution is -2.49. The molecule has 0 aromatic heterocycles. The van der Waals surface area contributed by atoms with E-state index in [0.717, 1.165) is 11.3 Å². The summed E-state index contributed by atoms with van der Waals surface area (Å²) in [6.07, 6.45) is 0. The highest BCUT2D eigenvalue weighted by molar-refractivity contribution is 6.34. The van der Waals surface area contributed by atoms with Gasteiger partial charge in [-0.05, 0) is 31.2 Å². The Labute approximate surface area is 177 Å². The SMILES string of the molecule is Cc1ccc(C(=O)N2CCN(c3c(Cl)cccc3NC(=O)C(C)(C)C)CC2)cc1. The third-order valence-electron chi connectivity index (χ3n) is 5.10. The van der Waals surface area contributed by atoms with Crippen LogP contribution in [0.15, 0.2) is 42.5 Å². The number of benzene rings is 2. The molecule has 0 radical (unpaired) electrons. The predicted octanol–water partition coefficient (Wildman–Crippen LogP) is 4.60. The highest BCUT2D eigenvalue weighted by Gasteiger charge is 2.27. The normalized spacial score (nSPS) is 14.7. The fourth-order valence-electron chi connectivity index (χ4n) is 3.26. The smallest absolute Gasteiger partial charge is 0.253 e. The molecule has 2 aromatic rings. The number of hydrogen-bond donors (Lipinski definition) is 1. The van der Waals surface area contributed by atoms with Crippen LogP contribution in [-0.4, -0.2) is 42.9 Å². The van der Waals surface area contributed by atoms with Crippen LogP contribution >= 0.6 is 11.6 Å². The molecule has 3 rings (SSSR count). The van der Waals surface area contributed by atoms with E-state index in [1.165, 1.54) is 0 Å². The largest absolute Gasteiger partial charge is 0.365 e. The maximum absolute atomic E-state index is 12.8. The fourth-order valence-corrected chi connectivity index (χ4v) is 3.55. The minimum atomic E-state index is -0.501. The van der Waals surface area contributed by atoms with Gasteiger partial charge < -0.3 is 15.1 Å². The second-order valence-electron chi connectivity index (χ2n) is 8.49. The third kappa shape index (κ3) is 4.91. The standard InChI is InChI=1S/C23H28ClN3O2/c1-16-8-10-17(11-9-16)21(28)27-14-12-26(13-15-27)20-18(24)6-5-7-19(20)25-22(29)23(2,3)4/h5-11H,12-15H2,1-4H3,(H,25,29). The number of halogens is 1. The first-order valence-corrected chi connectivity index (χ1v) is 10.3. The first-order valence-electron chi connectivity index (χ1n) is 9.87. The van der Waals surface area contributed by atoms with Crippen molar-refractivity contribution in [1.82, 2.24) is 4.90 Å². The lowest BCUT2D eigenvalue weighted by Gasteiger charge is -2.37. The summed E-state index contributed by atoms with van der Waals surface area (Å²) in [5.74, 6) is -0.0146. The van der Waals surface area contributed by atoms with E-state index < -0.39 is 5.41 Å². The van der Waals surface area contributed by atoms with Crippen molar-refractivity contribution in [3.8, 4) is 0 Å². The zero-order valence-corrected chi connectivity index (χ0v) is 18.2. The first-order chi connectivity index (χ1) is 13.7. The molecule has 5 nitrogen and oxygen atoms in total. The Balaban J connectivity index is 1.73. The summed E-state index contributed by atoms with van der Waals surface area (Å²) < 4.78 is 0. The van der Waals surface area contributed by atoms with Crippen LogP contribution in [-0.2, 0) is 4.79 Å². The van der Waals surface area contributed by atoms with Crippen LogP contribution in [0.1, 0.15) is 36.7 Å². The number of piperazine rings is 1. The van der Waals surface area contributed by atoms with E-state index in [9.17, 15) is 9.59 Å². The number of anilines is 2. The quantitative estimate of drug-likeness (QED) is 0.800. The van der Waals surface area contributed by atoms with E-state index in [1.807, 2.05) is 75.1 Å². The van der Waals surface area contributed by atoms with E-state index in [-0.39, 0.29) is 11.8 Å². The van der Waals surface area contributed by atoms with Crippen molar-refractivity contribution in [2.75, 3.05) is 36.4 Å². The Hall–Kier alpha value is -2.53. The van der Waals surface area contributed by atoms with E-state index in [1.54, 1.807) is 0 Å². The lowest BCUT2D eigenvalue weighted by molar-refractivity contribution is -0.123. The lowest BCUT2D eigenvalue weighted by atomic mass is 9.95. The van der Waals surface area contributed by atoms with Crippen molar-refractivity contribution in [2.45, 2.75) is 27.7 Å². The number of carbonyl (C=O) groups excluding carboxylic acids is 2. The van der Waals surface area contributed by atoms with Crippen LogP contribution < -0.4 is 10.2 Å². The Morgan fingerprint density at radius 1 is 0.966 bits per heavy atom. The van der Waals surface area contributed by atoms with Crippen molar-refractivity contribution in [3.63, 3.8) is 0 Å². The van der Waals surface area contributed by atoms with Gasteiger partial charge in [0.1, 0.15) is 0 Å². The van der Waals surface area contributed by atoms with Crippen molar-refractivity contribution >= 4 is 34.8 Å². The monoisotopic (exact) mass is 413 g/mol. The van der Waals surface area contributed by atoms with Gasteiger partial charge in [-0.1, -0.05) is 56.1 Å². The molecule has 1 fully saturated rings. The Morgan fingerprint density at radius 3 is 2.17 bits per heavy atom. The second-order valence-corrected chi connectivity index (χ2v) is 8.89. The molecule has 0 atom stereocenters. The van der Waals surface area contributed by atoms with Gasteiger partial charge >= 0.3 is 0 Å². The van der Waals surface area contributed by atoms with Crippen molar-refractivity contribution in [2.24, 2.45) is 5.41 Å². The van der Waals surface area contributed by atoms with Gasteiger partial charge in [0.25, 0.3) is 5.91 Å². The van der Waals surface area contributed by atoms with Crippen LogP contribution in [0.3, 0.4) is 0 Å². The van der Waals surface area contributed by atoms with Gasteiger partial charge in [0.2, 0.25) is 5.91 Å². The highest BCUT2D eigenvalue weighted by atomic mass is 35.5. The fraction of sp³-hybridized carbons (Fsp3) is 0.391. The van der Waals surface area contributed by atoms with E-state index in [4.69, 9.17) is 11.6 Å². The molecule has 154 valence electrons. The molecular weight excluding hydrogens is 386 g/mol. The average Bonchev–Trinajstić information content (AvgIpc) is 2.68. The minimum Gasteiger partial charge on any atom is -0.365 e. The zero-order chi connectivity index (χ0) is 21.2. The summed E-state index contributed by atoms with van der Waals surface area (Å²) in [6, 6.07) is 13.2. The molecule has 1 N–H and O–H groups in total. The number of hydrogen-bond acceptors (Lipinski definition) is 3. The molecule has 0 saturated carbocycles. The summed E-state index contributed by atoms with van der Waals surface area (Å²) in [6.45, 7) is 10.1. The zero-order valence-electron chi connectivity index (χ0n) is 17.5. The van der Waals surface area contributed by atoms with Gasteiger partial charge in [0.05, 0.1) is 16.4 Å². The Bertz CT molecular complexity index is 895. The third-order valence-corrected chi connectivity index (χ3v) is 5.40. The van der Waals surface area contributed by atoms with Crippen LogP contribution in [0.4, 0.5) is 11.4 Å². The van der Waals surface area contributed by atoms with Crippen molar-refractivity contribution in [1.29, 1.82) is 0 Å². The molecule has 1 aliphatic heterocycles. The van der Waals surface area contributed by atoms with E-state index >= 15 is 0 Å². The number of aryl methyl sites for hydroxylation is 1. The van der Waals surface area contributed by atoms with Gasteiger partial charge in [0.15, 0.2) is 0 Å². The Kier molecular flexibility index (Phi) is 6.18. The number of rotatable bonds is 3. The molecule has 1 saturated heterocycles. The average molecular weight is 414 g/mol. The van der Waals surface area contributed by atoms with E-state index in [2.05, 4.69) is 10.2 Å². The number of nitrogens with one attached hydrogen (secondary N) is 1. The van der Waals surface area contributed by atoms with Gasteiger partial charge in [0, 0.05) is 37.2 Å². The van der Waals surface area contributed by atoms with E-state index in [0.29, 0.717) is 42.5 Å². The summed E-state index contributed by atoms with van der Waals surface area (Å²) in [5, 5.41) is 3.60. The maximum Gasteiger partial charge on any atom is 0.253 e. The van der Waals surface area contributed by atoms with Crippen molar-refractivity contribution in [3.05, 3.63) is 58.6 Å².